The third-order valence-electron chi connectivity index (χ3n) is 5.18. The number of hydrogen-bond donors (Lipinski definition) is 2. The van der Waals surface area contributed by atoms with Crippen molar-refractivity contribution in [1.29, 1.82) is 0 Å². The van der Waals surface area contributed by atoms with Crippen molar-refractivity contribution in [3.05, 3.63) is 34.2 Å². The molecule has 8 heteroatoms. The van der Waals surface area contributed by atoms with Gasteiger partial charge >= 0.3 is 5.97 Å². The van der Waals surface area contributed by atoms with Crippen molar-refractivity contribution in [2.45, 2.75) is 45.4 Å². The fourth-order valence-electron chi connectivity index (χ4n) is 3.81. The Morgan fingerprint density at radius 1 is 1.10 bits per heavy atom. The van der Waals surface area contributed by atoms with Crippen LogP contribution in [-0.2, 0) is 17.6 Å². The van der Waals surface area contributed by atoms with Gasteiger partial charge in [-0.05, 0) is 62.5 Å². The van der Waals surface area contributed by atoms with E-state index in [1.54, 1.807) is 11.3 Å². The molecular formula is C22H26N2O4S2. The van der Waals surface area contributed by atoms with Crippen LogP contribution in [0.5, 0.6) is 11.5 Å². The molecule has 2 heterocycles. The quantitative estimate of drug-likeness (QED) is 0.496. The van der Waals surface area contributed by atoms with E-state index in [-0.39, 0.29) is 5.97 Å². The number of anilines is 2. The van der Waals surface area contributed by atoms with Crippen LogP contribution < -0.4 is 20.1 Å². The van der Waals surface area contributed by atoms with E-state index in [1.165, 1.54) is 17.7 Å². The maximum atomic E-state index is 12.7. The molecule has 4 rings (SSSR count). The van der Waals surface area contributed by atoms with Crippen molar-refractivity contribution in [3.8, 4) is 11.5 Å². The molecule has 6 nitrogen and oxygen atoms in total. The van der Waals surface area contributed by atoms with Gasteiger partial charge < -0.3 is 24.8 Å². The van der Waals surface area contributed by atoms with Gasteiger partial charge in [0, 0.05) is 16.6 Å². The summed E-state index contributed by atoms with van der Waals surface area (Å²) in [5, 5.41) is 7.61. The Kier molecular flexibility index (Phi) is 6.74. The second-order valence-electron chi connectivity index (χ2n) is 7.28. The van der Waals surface area contributed by atoms with Crippen molar-refractivity contribution < 1.29 is 19.0 Å². The normalized spacial score (nSPS) is 15.4. The summed E-state index contributed by atoms with van der Waals surface area (Å²) in [6, 6.07) is 5.62. The molecule has 0 bridgehead atoms. The van der Waals surface area contributed by atoms with Crippen LogP contribution in [0.15, 0.2) is 18.2 Å². The first kappa shape index (κ1) is 20.9. The van der Waals surface area contributed by atoms with Crippen LogP contribution in [0.1, 0.15) is 53.4 Å². The molecule has 30 heavy (non-hydrogen) atoms. The fraction of sp³-hybridized carbons (Fsp3) is 0.455. The molecule has 1 aliphatic heterocycles. The van der Waals surface area contributed by atoms with Gasteiger partial charge in [-0.2, -0.15) is 0 Å². The van der Waals surface area contributed by atoms with Crippen LogP contribution in [-0.4, -0.2) is 30.9 Å². The van der Waals surface area contributed by atoms with E-state index in [2.05, 4.69) is 10.6 Å². The SMILES string of the molecule is CCOC(=O)c1c(NC(=S)Nc2ccc3c(c2)OCCO3)sc2c1CCCCCC2. The number of hydrogen-bond acceptors (Lipinski definition) is 6. The fourth-order valence-corrected chi connectivity index (χ4v) is 5.38. The average molecular weight is 447 g/mol. The molecule has 0 unspecified atom stereocenters. The van der Waals surface area contributed by atoms with Crippen molar-refractivity contribution in [1.82, 2.24) is 0 Å². The van der Waals surface area contributed by atoms with Gasteiger partial charge in [-0.25, -0.2) is 4.79 Å². The van der Waals surface area contributed by atoms with E-state index in [0.717, 1.165) is 47.7 Å². The Labute approximate surface area is 185 Å². The number of thiocarbonyl (C=S) groups is 1. The highest BCUT2D eigenvalue weighted by Crippen LogP contribution is 2.38. The summed E-state index contributed by atoms with van der Waals surface area (Å²) in [4.78, 5) is 14.0. The molecule has 0 spiro atoms. The molecular weight excluding hydrogens is 420 g/mol. The molecule has 0 fully saturated rings. The Bertz CT molecular complexity index is 941. The Hall–Kier alpha value is -2.32. The molecule has 0 saturated carbocycles. The van der Waals surface area contributed by atoms with Gasteiger partial charge in [-0.15, -0.1) is 11.3 Å². The van der Waals surface area contributed by atoms with Crippen molar-refractivity contribution in [2.24, 2.45) is 0 Å². The van der Waals surface area contributed by atoms with Crippen molar-refractivity contribution >= 4 is 45.3 Å². The van der Waals surface area contributed by atoms with Crippen LogP contribution >= 0.6 is 23.6 Å². The highest BCUT2D eigenvalue weighted by molar-refractivity contribution is 7.80. The van der Waals surface area contributed by atoms with E-state index >= 15 is 0 Å². The van der Waals surface area contributed by atoms with Gasteiger partial charge in [0.15, 0.2) is 16.6 Å². The topological polar surface area (TPSA) is 68.8 Å². The lowest BCUT2D eigenvalue weighted by Gasteiger charge is -2.19. The first-order chi connectivity index (χ1) is 14.7. The lowest BCUT2D eigenvalue weighted by atomic mass is 9.96. The minimum absolute atomic E-state index is 0.278. The molecule has 1 aromatic carbocycles. The smallest absolute Gasteiger partial charge is 0.341 e. The average Bonchev–Trinajstić information content (AvgIpc) is 3.04. The minimum Gasteiger partial charge on any atom is -0.486 e. The molecule has 2 aliphatic rings. The number of carbonyl (C=O) groups is 1. The van der Waals surface area contributed by atoms with Gasteiger partial charge in [0.2, 0.25) is 0 Å². The van der Waals surface area contributed by atoms with E-state index in [4.69, 9.17) is 26.4 Å². The van der Waals surface area contributed by atoms with E-state index < -0.39 is 0 Å². The standard InChI is InChI=1S/C22H26N2O4S2/c1-2-26-21(25)19-15-7-5-3-4-6-8-18(15)30-20(19)24-22(29)23-14-9-10-16-17(13-14)28-12-11-27-16/h9-10,13H,2-8,11-12H2,1H3,(H2,23,24,29). The van der Waals surface area contributed by atoms with Crippen molar-refractivity contribution in [3.63, 3.8) is 0 Å². The van der Waals surface area contributed by atoms with E-state index in [1.807, 2.05) is 25.1 Å². The Morgan fingerprint density at radius 3 is 2.67 bits per heavy atom. The minimum atomic E-state index is -0.278. The van der Waals surface area contributed by atoms with Crippen LogP contribution in [0, 0.1) is 0 Å². The van der Waals surface area contributed by atoms with Crippen molar-refractivity contribution in [2.75, 3.05) is 30.5 Å². The maximum absolute atomic E-state index is 12.7. The number of aryl methyl sites for hydroxylation is 1. The molecule has 160 valence electrons. The molecule has 0 radical (unpaired) electrons. The van der Waals surface area contributed by atoms with Gasteiger partial charge in [-0.3, -0.25) is 0 Å². The number of thiophene rings is 1. The van der Waals surface area contributed by atoms with Gasteiger partial charge in [0.1, 0.15) is 18.2 Å². The molecule has 2 aromatic rings. The predicted octanol–water partition coefficient (Wildman–Crippen LogP) is 5.16. The first-order valence-electron chi connectivity index (χ1n) is 10.4. The number of nitrogens with one attached hydrogen (secondary N) is 2. The second-order valence-corrected chi connectivity index (χ2v) is 8.79. The number of rotatable bonds is 4. The van der Waals surface area contributed by atoms with Crippen LogP contribution in [0.4, 0.5) is 10.7 Å². The molecule has 2 N–H and O–H groups in total. The lowest BCUT2D eigenvalue weighted by molar-refractivity contribution is 0.0526. The zero-order valence-corrected chi connectivity index (χ0v) is 18.7. The number of ether oxygens (including phenoxy) is 3. The van der Waals surface area contributed by atoms with Gasteiger partial charge in [0.05, 0.1) is 12.2 Å². The third-order valence-corrected chi connectivity index (χ3v) is 6.59. The first-order valence-corrected chi connectivity index (χ1v) is 11.7. The largest absolute Gasteiger partial charge is 0.486 e. The maximum Gasteiger partial charge on any atom is 0.341 e. The number of fused-ring (bicyclic) bond motifs is 2. The summed E-state index contributed by atoms with van der Waals surface area (Å²) in [7, 11) is 0. The summed E-state index contributed by atoms with van der Waals surface area (Å²) in [5.74, 6) is 1.15. The van der Waals surface area contributed by atoms with Gasteiger partial charge in [0.25, 0.3) is 0 Å². The zero-order valence-electron chi connectivity index (χ0n) is 17.0. The monoisotopic (exact) mass is 446 g/mol. The lowest BCUT2D eigenvalue weighted by Crippen LogP contribution is -2.21. The molecule has 0 saturated heterocycles. The summed E-state index contributed by atoms with van der Waals surface area (Å²) in [6.45, 7) is 3.26. The van der Waals surface area contributed by atoms with E-state index in [9.17, 15) is 4.79 Å². The summed E-state index contributed by atoms with van der Waals surface area (Å²) >= 11 is 7.15. The predicted molar refractivity (Wildman–Crippen MR) is 123 cm³/mol. The third kappa shape index (κ3) is 4.70. The second kappa shape index (κ2) is 9.66. The molecule has 0 amide bonds. The highest BCUT2D eigenvalue weighted by Gasteiger charge is 2.25. The zero-order chi connectivity index (χ0) is 20.9. The highest BCUT2D eigenvalue weighted by atomic mass is 32.1. The molecule has 1 aromatic heterocycles. The summed E-state index contributed by atoms with van der Waals surface area (Å²) in [6.07, 6.45) is 6.58. The number of carbonyl (C=O) groups excluding carboxylic acids is 1. The summed E-state index contributed by atoms with van der Waals surface area (Å²) < 4.78 is 16.6. The number of benzene rings is 1. The molecule has 1 aliphatic carbocycles. The van der Waals surface area contributed by atoms with Crippen LogP contribution in [0.3, 0.4) is 0 Å². The Morgan fingerprint density at radius 2 is 1.87 bits per heavy atom. The van der Waals surface area contributed by atoms with Crippen LogP contribution in [0.2, 0.25) is 0 Å². The molecule has 0 atom stereocenters. The summed E-state index contributed by atoms with van der Waals surface area (Å²) in [5.41, 5.74) is 2.57. The number of esters is 1. The van der Waals surface area contributed by atoms with E-state index in [0.29, 0.717) is 36.2 Å². The van der Waals surface area contributed by atoms with Gasteiger partial charge in [-0.1, -0.05) is 12.8 Å². The Balaban J connectivity index is 1.54. The van der Waals surface area contributed by atoms with Crippen LogP contribution in [0.25, 0.3) is 0 Å².